The van der Waals surface area contributed by atoms with E-state index < -0.39 is 151 Å². The van der Waals surface area contributed by atoms with Crippen LogP contribution in [-0.2, 0) is 68.6 Å². The van der Waals surface area contributed by atoms with Gasteiger partial charge >= 0.3 is 36.1 Å². The summed E-state index contributed by atoms with van der Waals surface area (Å²) in [6.45, 7) is 12.2. The zero-order valence-electron chi connectivity index (χ0n) is 46.4. The maximum Gasteiger partial charge on any atom is 0.697 e. The van der Waals surface area contributed by atoms with Crippen LogP contribution in [0.15, 0.2) is 56.6 Å². The van der Waals surface area contributed by atoms with Crippen LogP contribution in [0.3, 0.4) is 0 Å². The molecule has 0 radical (unpaired) electrons. The van der Waals surface area contributed by atoms with E-state index in [1.54, 1.807) is 11.5 Å². The molecule has 0 spiro atoms. The van der Waals surface area contributed by atoms with Crippen LogP contribution in [0.2, 0.25) is 39.3 Å². The Morgan fingerprint density at radius 3 is 1.64 bits per heavy atom. The summed E-state index contributed by atoms with van der Waals surface area (Å²) in [6, 6.07) is 1.45. The average molecular weight is 1270 g/mol. The van der Waals surface area contributed by atoms with Crippen LogP contribution in [0.25, 0.3) is 22.3 Å². The highest BCUT2D eigenvalue weighted by molar-refractivity contribution is 7.33. The second kappa shape index (κ2) is 25.2. The smallest absolute Gasteiger partial charge is 0.415 e. The summed E-state index contributed by atoms with van der Waals surface area (Å²) < 4.78 is 120. The minimum atomic E-state index is -3.07. The molecule has 0 aliphatic carbocycles. The summed E-state index contributed by atoms with van der Waals surface area (Å²) in [5.74, 6) is -0.0576. The fourth-order valence-electron chi connectivity index (χ4n) is 9.83. The van der Waals surface area contributed by atoms with Crippen molar-refractivity contribution in [1.82, 2.24) is 58.1 Å². The van der Waals surface area contributed by atoms with E-state index >= 15 is 0 Å². The van der Waals surface area contributed by atoms with Crippen molar-refractivity contribution in [3.05, 3.63) is 84.7 Å². The molecule has 4 aliphatic rings. The van der Waals surface area contributed by atoms with E-state index in [1.807, 2.05) is 39.3 Å². The van der Waals surface area contributed by atoms with Crippen molar-refractivity contribution in [3.8, 4) is 0 Å². The molecule has 3 unspecified atom stereocenters. The first-order chi connectivity index (χ1) is 39.8. The number of hydrogen-bond acceptors (Lipinski definition) is 28. The Kier molecular flexibility index (Phi) is 18.4. The fourth-order valence-corrected chi connectivity index (χ4v) is 14.0. The molecule has 0 saturated carbocycles. The summed E-state index contributed by atoms with van der Waals surface area (Å²) in [4.78, 5) is 80.1. The molecule has 4 fully saturated rings. The number of nitrogen functional groups attached to an aromatic ring is 3. The van der Waals surface area contributed by atoms with Crippen LogP contribution in [-0.4, -0.2) is 150 Å². The van der Waals surface area contributed by atoms with Crippen molar-refractivity contribution in [2.24, 2.45) is 0 Å². The van der Waals surface area contributed by atoms with Gasteiger partial charge in [0, 0.05) is 57.3 Å². The zero-order chi connectivity index (χ0) is 59.9. The molecule has 4 aliphatic heterocycles. The number of H-pyrrole nitrogens is 2. The maximum atomic E-state index is 14.0. The molecular formula is C45H63N15O19P3Si2+3. The molecule has 0 amide bonds. The summed E-state index contributed by atoms with van der Waals surface area (Å²) in [7, 11) is -13.3. The molecule has 84 heavy (non-hydrogen) atoms. The summed E-state index contributed by atoms with van der Waals surface area (Å²) >= 11 is 0. The highest BCUT2D eigenvalue weighted by atomic mass is 31.1. The van der Waals surface area contributed by atoms with Gasteiger partial charge in [-0.1, -0.05) is 0 Å². The van der Waals surface area contributed by atoms with E-state index in [0.717, 1.165) is 0 Å². The SMILES string of the molecule is Cc1cn([C@H]2C[C@@H](O[Si](C)(C)C)[C@@H](CO[P+](=O)O[C@@H]3C[C@H](n4cnc5c(=O)[nH]c(N)nc54)O[C@@H]3CO[P+](=O)O[C@@H]3C[C@H](n4cnc5c(N)ncnc54)O[C@@H]3CO[P+](=O)O[C@@H]3C[C@H](n4ccc(N)nc4=O)O[C@@H]3CO[Si](C)(C)C)O2)c(=O)[nH]c1=O. The number of nitrogens with two attached hydrogens (primary N) is 3. The van der Waals surface area contributed by atoms with Crippen LogP contribution in [0.1, 0.15) is 56.2 Å². The fraction of sp³-hybridized carbons (Fsp3) is 0.600. The Labute approximate surface area is 480 Å². The Hall–Kier alpha value is -5.89. The Bertz CT molecular complexity index is 3690. The lowest BCUT2D eigenvalue weighted by molar-refractivity contribution is -0.0501. The molecule has 10 rings (SSSR count). The van der Waals surface area contributed by atoms with Crippen molar-refractivity contribution in [2.45, 2.75) is 146 Å². The van der Waals surface area contributed by atoms with E-state index in [4.69, 9.17) is 72.1 Å². The number of imidazole rings is 2. The normalized spacial score (nSPS) is 27.1. The van der Waals surface area contributed by atoms with E-state index in [0.29, 0.717) is 5.65 Å². The van der Waals surface area contributed by atoms with E-state index in [-0.39, 0.29) is 78.7 Å². The minimum Gasteiger partial charge on any atom is -0.415 e. The van der Waals surface area contributed by atoms with Gasteiger partial charge in [0.1, 0.15) is 105 Å². The van der Waals surface area contributed by atoms with Crippen LogP contribution in [0, 0.1) is 6.92 Å². The molecule has 4 saturated heterocycles. The lowest BCUT2D eigenvalue weighted by Crippen LogP contribution is -2.38. The number of ether oxygens (including phenoxy) is 4. The largest absolute Gasteiger partial charge is 0.697 e. The Balaban J connectivity index is 0.828. The first-order valence-corrected chi connectivity index (χ1v) is 36.5. The predicted octanol–water partition coefficient (Wildman–Crippen LogP) is 3.22. The van der Waals surface area contributed by atoms with Crippen molar-refractivity contribution in [3.63, 3.8) is 0 Å². The van der Waals surface area contributed by atoms with Crippen LogP contribution < -0.4 is 39.7 Å². The third-order valence-electron chi connectivity index (χ3n) is 13.7. The first kappa shape index (κ1) is 61.2. The van der Waals surface area contributed by atoms with Gasteiger partial charge in [0.05, 0.1) is 25.4 Å². The lowest BCUT2D eigenvalue weighted by atomic mass is 10.2. The van der Waals surface area contributed by atoms with E-state index in [2.05, 4.69) is 39.9 Å². The maximum absolute atomic E-state index is 14.0. The van der Waals surface area contributed by atoms with Gasteiger partial charge in [-0.2, -0.15) is 9.97 Å². The number of nitrogens with one attached hydrogen (secondary N) is 2. The summed E-state index contributed by atoms with van der Waals surface area (Å²) in [5.41, 5.74) is 16.1. The third kappa shape index (κ3) is 14.3. The van der Waals surface area contributed by atoms with Crippen LogP contribution in [0.4, 0.5) is 17.6 Å². The Morgan fingerprint density at radius 1 is 0.595 bits per heavy atom. The third-order valence-corrected chi connectivity index (χ3v) is 18.1. The van der Waals surface area contributed by atoms with Crippen LogP contribution in [0.5, 0.6) is 0 Å². The van der Waals surface area contributed by atoms with Gasteiger partial charge in [0.25, 0.3) is 11.1 Å². The summed E-state index contributed by atoms with van der Waals surface area (Å²) in [5, 5.41) is 0. The number of anilines is 3. The summed E-state index contributed by atoms with van der Waals surface area (Å²) in [6.07, 6.45) is -4.06. The molecule has 39 heteroatoms. The van der Waals surface area contributed by atoms with Gasteiger partial charge in [-0.25, -0.2) is 29.5 Å². The molecular weight excluding hydrogens is 1200 g/mol. The number of aromatic amines is 2. The molecule has 15 atom stereocenters. The molecule has 6 aromatic heterocycles. The number of nitrogens with zero attached hydrogens (tertiary/aromatic N) is 10. The molecule has 10 heterocycles. The molecule has 452 valence electrons. The van der Waals surface area contributed by atoms with Crippen molar-refractivity contribution in [2.75, 3.05) is 43.6 Å². The van der Waals surface area contributed by atoms with Gasteiger partial charge in [0.15, 0.2) is 39.3 Å². The monoisotopic (exact) mass is 1270 g/mol. The second-order valence-electron chi connectivity index (χ2n) is 22.0. The quantitative estimate of drug-likeness (QED) is 0.0429. The molecule has 0 aromatic carbocycles. The number of aryl methyl sites for hydroxylation is 1. The number of hydrogen-bond donors (Lipinski definition) is 5. The Morgan fingerprint density at radius 2 is 1.10 bits per heavy atom. The predicted molar refractivity (Wildman–Crippen MR) is 298 cm³/mol. The van der Waals surface area contributed by atoms with Crippen LogP contribution >= 0.6 is 24.8 Å². The minimum absolute atomic E-state index is 0.00481. The van der Waals surface area contributed by atoms with Gasteiger partial charge in [-0.3, -0.25) is 37.8 Å². The first-order valence-electron chi connectivity index (χ1n) is 26.4. The number of rotatable bonds is 24. The number of fused-ring (bicyclic) bond motifs is 2. The molecule has 8 N–H and O–H groups in total. The molecule has 34 nitrogen and oxygen atoms in total. The number of aromatic nitrogens is 12. The van der Waals surface area contributed by atoms with Gasteiger partial charge in [-0.05, 0) is 52.3 Å². The van der Waals surface area contributed by atoms with Crippen molar-refractivity contribution < 1.29 is 68.6 Å². The highest BCUT2D eigenvalue weighted by Gasteiger charge is 2.51. The van der Waals surface area contributed by atoms with Gasteiger partial charge in [0.2, 0.25) is 5.95 Å². The van der Waals surface area contributed by atoms with Gasteiger partial charge in [-0.15, -0.1) is 27.1 Å². The van der Waals surface area contributed by atoms with Gasteiger partial charge < -0.3 is 45.0 Å². The highest BCUT2D eigenvalue weighted by Crippen LogP contribution is 2.45. The van der Waals surface area contributed by atoms with Crippen molar-refractivity contribution >= 4 is 81.3 Å². The second-order valence-corrected chi connectivity index (χ2v) is 33.7. The molecule has 0 bridgehead atoms. The van der Waals surface area contributed by atoms with Crippen molar-refractivity contribution in [1.29, 1.82) is 0 Å². The molecule has 6 aromatic rings. The van der Waals surface area contributed by atoms with E-state index in [9.17, 15) is 32.9 Å². The standard InChI is InChI=1S/C45H60N15O19P3Si2/c1-22-14-58(45(64)56-41(22)61)33-13-26(79-84(5,6)7)29(74-33)17-70-82(67)77-24-12-35(60-21-52-37-40(60)54-43(48)55-42(37)62)73-28(24)16-68-80(65)76-23-11-34(59-20-51-36-38(47)49-19-50-39(36)59)72-27(23)15-69-81(66)78-25-10-32(57-9-8-31(46)53-44(57)63)75-30(25)18-71-83(2,3)4/h8-9,14,19-21,23-30,32-35H,10-13,15-18H2,1-7H3,(H5-3,46,47,48,49,50,53,54,55,56,61,62,63,64)/p+3/t23-,24-,25-,26-,27-,28-,29-,30-,32-,33-,34-,35-/m1/s1. The lowest BCUT2D eigenvalue weighted by Gasteiger charge is -2.25. The topological polar surface area (TPSA) is 437 Å². The zero-order valence-corrected chi connectivity index (χ0v) is 51.0. The average Bonchev–Trinajstić information content (AvgIpc) is 2.25. The van der Waals surface area contributed by atoms with E-state index in [1.165, 1.54) is 51.1 Å².